The van der Waals surface area contributed by atoms with Crippen molar-refractivity contribution < 1.29 is 14.7 Å². The highest BCUT2D eigenvalue weighted by Gasteiger charge is 2.23. The summed E-state index contributed by atoms with van der Waals surface area (Å²) in [4.78, 5) is 23.7. The molecule has 1 aliphatic carbocycles. The number of aryl methyl sites for hydroxylation is 1. The second kappa shape index (κ2) is 6.91. The maximum atomic E-state index is 11.8. The van der Waals surface area contributed by atoms with E-state index in [1.807, 2.05) is 6.92 Å². The van der Waals surface area contributed by atoms with E-state index in [4.69, 9.17) is 11.6 Å². The standard InChI is InChI=1S/C15H19ClN2O3/c1-9-2-3-11(8-13(9)16)18-15(21)14(20)17-10-4-6-12(19)7-5-10/h2-3,8,10,12,19H,4-7H2,1H3,(H,17,20)(H,18,21). The number of carbonyl (C=O) groups excluding carboxylic acids is 2. The smallest absolute Gasteiger partial charge is 0.313 e. The number of rotatable bonds is 2. The molecule has 0 radical (unpaired) electrons. The number of nitrogens with one attached hydrogen (secondary N) is 2. The normalized spacial score (nSPS) is 21.7. The molecule has 2 rings (SSSR count). The van der Waals surface area contributed by atoms with Crippen molar-refractivity contribution in [2.75, 3.05) is 5.32 Å². The molecule has 114 valence electrons. The van der Waals surface area contributed by atoms with E-state index in [1.54, 1.807) is 18.2 Å². The van der Waals surface area contributed by atoms with Crippen molar-refractivity contribution in [1.29, 1.82) is 0 Å². The molecule has 1 aromatic carbocycles. The Morgan fingerprint density at radius 2 is 1.86 bits per heavy atom. The van der Waals surface area contributed by atoms with Gasteiger partial charge in [-0.05, 0) is 50.3 Å². The molecule has 0 saturated heterocycles. The van der Waals surface area contributed by atoms with Crippen LogP contribution in [-0.2, 0) is 9.59 Å². The van der Waals surface area contributed by atoms with Gasteiger partial charge in [-0.25, -0.2) is 0 Å². The Bertz CT molecular complexity index is 540. The van der Waals surface area contributed by atoms with Gasteiger partial charge in [0.05, 0.1) is 6.10 Å². The maximum Gasteiger partial charge on any atom is 0.313 e. The third kappa shape index (κ3) is 4.44. The zero-order chi connectivity index (χ0) is 15.4. The second-order valence-corrected chi connectivity index (χ2v) is 5.80. The van der Waals surface area contributed by atoms with Gasteiger partial charge in [0.1, 0.15) is 0 Å². The number of carbonyl (C=O) groups is 2. The Balaban J connectivity index is 1.87. The van der Waals surface area contributed by atoms with Crippen molar-refractivity contribution in [2.24, 2.45) is 0 Å². The molecule has 2 amide bonds. The van der Waals surface area contributed by atoms with Gasteiger partial charge in [0.25, 0.3) is 0 Å². The van der Waals surface area contributed by atoms with Crippen LogP contribution in [0.15, 0.2) is 18.2 Å². The number of halogens is 1. The van der Waals surface area contributed by atoms with Crippen LogP contribution in [0.4, 0.5) is 5.69 Å². The summed E-state index contributed by atoms with van der Waals surface area (Å²) in [5.74, 6) is -1.37. The molecule has 0 bridgehead atoms. The fourth-order valence-corrected chi connectivity index (χ4v) is 2.51. The lowest BCUT2D eigenvalue weighted by atomic mass is 9.93. The molecule has 0 heterocycles. The highest BCUT2D eigenvalue weighted by Crippen LogP contribution is 2.20. The third-order valence-corrected chi connectivity index (χ3v) is 4.08. The largest absolute Gasteiger partial charge is 0.393 e. The predicted octanol–water partition coefficient (Wildman–Crippen LogP) is 2.01. The highest BCUT2D eigenvalue weighted by atomic mass is 35.5. The Hall–Kier alpha value is -1.59. The number of hydrogen-bond donors (Lipinski definition) is 3. The van der Waals surface area contributed by atoms with Crippen molar-refractivity contribution in [3.8, 4) is 0 Å². The molecule has 0 spiro atoms. The zero-order valence-corrected chi connectivity index (χ0v) is 12.6. The Labute approximate surface area is 128 Å². The first-order chi connectivity index (χ1) is 9.95. The van der Waals surface area contributed by atoms with E-state index >= 15 is 0 Å². The van der Waals surface area contributed by atoms with Gasteiger partial charge in [0.15, 0.2) is 0 Å². The molecule has 0 unspecified atom stereocenters. The van der Waals surface area contributed by atoms with Crippen molar-refractivity contribution in [2.45, 2.75) is 44.8 Å². The Morgan fingerprint density at radius 3 is 2.48 bits per heavy atom. The Morgan fingerprint density at radius 1 is 1.19 bits per heavy atom. The molecule has 1 saturated carbocycles. The summed E-state index contributed by atoms with van der Waals surface area (Å²) in [6.07, 6.45) is 2.40. The van der Waals surface area contributed by atoms with Crippen LogP contribution >= 0.6 is 11.6 Å². The third-order valence-electron chi connectivity index (χ3n) is 3.67. The first-order valence-electron chi connectivity index (χ1n) is 7.02. The predicted molar refractivity (Wildman–Crippen MR) is 81.2 cm³/mol. The van der Waals surface area contributed by atoms with E-state index in [-0.39, 0.29) is 12.1 Å². The lowest BCUT2D eigenvalue weighted by Crippen LogP contribution is -2.43. The van der Waals surface area contributed by atoms with E-state index < -0.39 is 11.8 Å². The van der Waals surface area contributed by atoms with Crippen molar-refractivity contribution >= 4 is 29.1 Å². The molecule has 0 aliphatic heterocycles. The molecule has 6 heteroatoms. The number of anilines is 1. The summed E-state index contributed by atoms with van der Waals surface area (Å²) in [5.41, 5.74) is 1.39. The number of aliphatic hydroxyl groups is 1. The quantitative estimate of drug-likeness (QED) is 0.731. The fourth-order valence-electron chi connectivity index (χ4n) is 2.33. The van der Waals surface area contributed by atoms with Crippen molar-refractivity contribution in [3.63, 3.8) is 0 Å². The average molecular weight is 311 g/mol. The van der Waals surface area contributed by atoms with Gasteiger partial charge in [0.2, 0.25) is 0 Å². The van der Waals surface area contributed by atoms with Crippen LogP contribution in [0.1, 0.15) is 31.2 Å². The van der Waals surface area contributed by atoms with Gasteiger partial charge < -0.3 is 15.7 Å². The van der Waals surface area contributed by atoms with Crippen LogP contribution in [0.3, 0.4) is 0 Å². The second-order valence-electron chi connectivity index (χ2n) is 5.40. The molecule has 5 nitrogen and oxygen atoms in total. The first kappa shape index (κ1) is 15.8. The molecular formula is C15H19ClN2O3. The van der Waals surface area contributed by atoms with Crippen molar-refractivity contribution in [1.82, 2.24) is 5.32 Å². The van der Waals surface area contributed by atoms with Gasteiger partial charge in [0, 0.05) is 16.8 Å². The number of hydrogen-bond acceptors (Lipinski definition) is 3. The van der Waals surface area contributed by atoms with Gasteiger partial charge in [-0.1, -0.05) is 17.7 Å². The molecule has 3 N–H and O–H groups in total. The average Bonchev–Trinajstić information content (AvgIpc) is 2.45. The summed E-state index contributed by atoms with van der Waals surface area (Å²) in [7, 11) is 0. The fraction of sp³-hybridized carbons (Fsp3) is 0.467. The van der Waals surface area contributed by atoms with Crippen LogP contribution in [0.2, 0.25) is 5.02 Å². The van der Waals surface area contributed by atoms with E-state index in [0.29, 0.717) is 36.4 Å². The minimum absolute atomic E-state index is 0.0479. The van der Waals surface area contributed by atoms with Gasteiger partial charge in [-0.15, -0.1) is 0 Å². The van der Waals surface area contributed by atoms with Crippen LogP contribution in [0.5, 0.6) is 0 Å². The minimum atomic E-state index is -0.707. The number of aliphatic hydroxyl groups excluding tert-OH is 1. The van der Waals surface area contributed by atoms with Crippen LogP contribution < -0.4 is 10.6 Å². The lowest BCUT2D eigenvalue weighted by Gasteiger charge is -2.25. The summed E-state index contributed by atoms with van der Waals surface area (Å²) in [5, 5.41) is 15.2. The topological polar surface area (TPSA) is 78.4 Å². The van der Waals surface area contributed by atoms with E-state index in [2.05, 4.69) is 10.6 Å². The zero-order valence-electron chi connectivity index (χ0n) is 11.9. The SMILES string of the molecule is Cc1ccc(NC(=O)C(=O)NC2CCC(O)CC2)cc1Cl. The summed E-state index contributed by atoms with van der Waals surface area (Å²) >= 11 is 5.97. The minimum Gasteiger partial charge on any atom is -0.393 e. The molecule has 21 heavy (non-hydrogen) atoms. The molecule has 0 aromatic heterocycles. The molecule has 1 fully saturated rings. The summed E-state index contributed by atoms with van der Waals surface area (Å²) in [6.45, 7) is 1.86. The van der Waals surface area contributed by atoms with Gasteiger partial charge in [-0.3, -0.25) is 9.59 Å². The monoisotopic (exact) mass is 310 g/mol. The molecular weight excluding hydrogens is 292 g/mol. The van der Waals surface area contributed by atoms with E-state index in [9.17, 15) is 14.7 Å². The van der Waals surface area contributed by atoms with E-state index in [1.165, 1.54) is 0 Å². The highest BCUT2D eigenvalue weighted by molar-refractivity contribution is 6.40. The van der Waals surface area contributed by atoms with Crippen LogP contribution in [-0.4, -0.2) is 29.1 Å². The maximum absolute atomic E-state index is 11.8. The van der Waals surface area contributed by atoms with Crippen LogP contribution in [0.25, 0.3) is 0 Å². The van der Waals surface area contributed by atoms with E-state index in [0.717, 1.165) is 5.56 Å². The molecule has 1 aliphatic rings. The summed E-state index contributed by atoms with van der Waals surface area (Å²) < 4.78 is 0. The Kier molecular flexibility index (Phi) is 5.20. The van der Waals surface area contributed by atoms with Crippen LogP contribution in [0, 0.1) is 6.92 Å². The molecule has 1 aromatic rings. The molecule has 0 atom stereocenters. The first-order valence-corrected chi connectivity index (χ1v) is 7.39. The lowest BCUT2D eigenvalue weighted by molar-refractivity contribution is -0.136. The number of benzene rings is 1. The number of amides is 2. The van der Waals surface area contributed by atoms with Gasteiger partial charge in [-0.2, -0.15) is 0 Å². The van der Waals surface area contributed by atoms with Gasteiger partial charge >= 0.3 is 11.8 Å². The van der Waals surface area contributed by atoms with Crippen molar-refractivity contribution in [3.05, 3.63) is 28.8 Å². The summed E-state index contributed by atoms with van der Waals surface area (Å²) in [6, 6.07) is 5.04.